The van der Waals surface area contributed by atoms with Gasteiger partial charge in [0.2, 0.25) is 11.8 Å². The zero-order chi connectivity index (χ0) is 17.4. The molecular weight excluding hydrogens is 336 g/mol. The van der Waals surface area contributed by atoms with Crippen LogP contribution < -0.4 is 5.32 Å². The van der Waals surface area contributed by atoms with Crippen LogP contribution in [0.4, 0.5) is 5.82 Å². The Hall–Kier alpha value is -2.15. The molecule has 2 N–H and O–H groups in total. The Morgan fingerprint density at radius 1 is 1.28 bits per heavy atom. The van der Waals surface area contributed by atoms with Crippen molar-refractivity contribution in [1.29, 1.82) is 0 Å². The summed E-state index contributed by atoms with van der Waals surface area (Å²) >= 11 is 1.69. The summed E-state index contributed by atoms with van der Waals surface area (Å²) in [5.41, 5.74) is 0.905. The van der Waals surface area contributed by atoms with Gasteiger partial charge < -0.3 is 10.2 Å². The first kappa shape index (κ1) is 16.3. The molecule has 6 nitrogen and oxygen atoms in total. The number of H-pyrrole nitrogens is 1. The normalized spacial score (nSPS) is 20.5. The van der Waals surface area contributed by atoms with Gasteiger partial charge in [-0.05, 0) is 44.7 Å². The second kappa shape index (κ2) is 6.63. The van der Waals surface area contributed by atoms with E-state index in [0.29, 0.717) is 12.4 Å². The van der Waals surface area contributed by atoms with E-state index in [9.17, 15) is 9.59 Å². The molecule has 1 atom stereocenters. The van der Waals surface area contributed by atoms with E-state index >= 15 is 0 Å². The zero-order valence-electron chi connectivity index (χ0n) is 14.2. The maximum atomic E-state index is 12.6. The largest absolute Gasteiger partial charge is 0.342 e. The third-order valence-corrected chi connectivity index (χ3v) is 5.90. The first-order valence-electron chi connectivity index (χ1n) is 8.82. The zero-order valence-corrected chi connectivity index (χ0v) is 15.1. The highest BCUT2D eigenvalue weighted by molar-refractivity contribution is 7.15. The molecule has 2 fully saturated rings. The molecule has 0 aromatic carbocycles. The van der Waals surface area contributed by atoms with Crippen LogP contribution >= 0.6 is 11.3 Å². The van der Waals surface area contributed by atoms with Gasteiger partial charge in [-0.1, -0.05) is 0 Å². The molecule has 1 saturated carbocycles. The number of nitrogens with one attached hydrogen (secondary N) is 2. The van der Waals surface area contributed by atoms with Gasteiger partial charge in [0.25, 0.3) is 0 Å². The monoisotopic (exact) mass is 358 g/mol. The molecule has 1 aliphatic heterocycles. The minimum atomic E-state index is -0.152. The highest BCUT2D eigenvalue weighted by atomic mass is 32.1. The van der Waals surface area contributed by atoms with Crippen LogP contribution in [0.15, 0.2) is 18.2 Å². The number of carbonyl (C=O) groups is 2. The van der Waals surface area contributed by atoms with Crippen LogP contribution in [0, 0.1) is 18.8 Å². The molecular formula is C18H22N4O2S. The summed E-state index contributed by atoms with van der Waals surface area (Å²) in [7, 11) is 0. The summed E-state index contributed by atoms with van der Waals surface area (Å²) in [6.07, 6.45) is 3.72. The fourth-order valence-corrected chi connectivity index (χ4v) is 4.13. The summed E-state index contributed by atoms with van der Waals surface area (Å²) in [6.45, 7) is 3.37. The van der Waals surface area contributed by atoms with Crippen LogP contribution in [0.25, 0.3) is 10.6 Å². The maximum Gasteiger partial charge on any atom is 0.230 e. The van der Waals surface area contributed by atoms with Gasteiger partial charge in [-0.3, -0.25) is 14.7 Å². The number of carbonyl (C=O) groups excluding carboxylic acids is 2. The van der Waals surface area contributed by atoms with Gasteiger partial charge in [0.15, 0.2) is 5.82 Å². The van der Waals surface area contributed by atoms with E-state index in [1.54, 1.807) is 11.3 Å². The molecule has 1 aliphatic carbocycles. The molecule has 132 valence electrons. The van der Waals surface area contributed by atoms with Gasteiger partial charge in [0.05, 0.1) is 16.5 Å². The lowest BCUT2D eigenvalue weighted by Crippen LogP contribution is -2.44. The predicted molar refractivity (Wildman–Crippen MR) is 97.3 cm³/mol. The molecule has 1 unspecified atom stereocenters. The van der Waals surface area contributed by atoms with Crippen molar-refractivity contribution in [1.82, 2.24) is 15.1 Å². The van der Waals surface area contributed by atoms with E-state index in [-0.39, 0.29) is 23.7 Å². The Morgan fingerprint density at radius 2 is 2.12 bits per heavy atom. The van der Waals surface area contributed by atoms with Crippen molar-refractivity contribution in [2.75, 3.05) is 18.4 Å². The molecule has 0 bridgehead atoms. The molecule has 1 saturated heterocycles. The standard InChI is InChI=1S/C18H22N4O2S/c1-11-4-7-15(25-11)14-9-16(21-20-14)19-17(23)13-3-2-8-22(10-13)18(24)12-5-6-12/h4,7,9,12-13H,2-3,5-6,8,10H2,1H3,(H2,19,20,21,23). The Labute approximate surface area is 150 Å². The number of piperidine rings is 1. The van der Waals surface area contributed by atoms with Gasteiger partial charge in [0.1, 0.15) is 0 Å². The molecule has 7 heteroatoms. The van der Waals surface area contributed by atoms with E-state index in [0.717, 1.165) is 42.8 Å². The second-order valence-electron chi connectivity index (χ2n) is 6.96. The minimum absolute atomic E-state index is 0.0475. The van der Waals surface area contributed by atoms with Gasteiger partial charge >= 0.3 is 0 Å². The number of likely N-dealkylation sites (tertiary alicyclic amines) is 1. The molecule has 2 aliphatic rings. The number of nitrogens with zero attached hydrogens (tertiary/aromatic N) is 2. The van der Waals surface area contributed by atoms with Crippen molar-refractivity contribution >= 4 is 29.0 Å². The van der Waals surface area contributed by atoms with Crippen molar-refractivity contribution < 1.29 is 9.59 Å². The number of aromatic amines is 1. The molecule has 3 heterocycles. The summed E-state index contributed by atoms with van der Waals surface area (Å²) in [4.78, 5) is 29.0. The van der Waals surface area contributed by atoms with Crippen molar-refractivity contribution in [3.63, 3.8) is 0 Å². The lowest BCUT2D eigenvalue weighted by atomic mass is 9.96. The number of hydrogen-bond donors (Lipinski definition) is 2. The first-order valence-corrected chi connectivity index (χ1v) is 9.63. The molecule has 0 spiro atoms. The lowest BCUT2D eigenvalue weighted by molar-refractivity contribution is -0.135. The number of aryl methyl sites for hydroxylation is 1. The molecule has 2 amide bonds. The fourth-order valence-electron chi connectivity index (χ4n) is 3.30. The van der Waals surface area contributed by atoms with E-state index < -0.39 is 0 Å². The van der Waals surface area contributed by atoms with Gasteiger partial charge in [-0.15, -0.1) is 11.3 Å². The van der Waals surface area contributed by atoms with E-state index in [4.69, 9.17) is 0 Å². The number of hydrogen-bond acceptors (Lipinski definition) is 4. The molecule has 0 radical (unpaired) electrons. The summed E-state index contributed by atoms with van der Waals surface area (Å²) in [5, 5.41) is 10.1. The SMILES string of the molecule is Cc1ccc(-c2cc(NC(=O)C3CCCN(C(=O)C4CC4)C3)n[nH]2)s1. The minimum Gasteiger partial charge on any atom is -0.342 e. The van der Waals surface area contributed by atoms with E-state index in [1.807, 2.05) is 17.0 Å². The number of amides is 2. The van der Waals surface area contributed by atoms with Crippen LogP contribution in [-0.4, -0.2) is 40.0 Å². The fraction of sp³-hybridized carbons (Fsp3) is 0.500. The number of anilines is 1. The van der Waals surface area contributed by atoms with E-state index in [1.165, 1.54) is 4.88 Å². The average Bonchev–Trinajstić information content (AvgIpc) is 3.22. The maximum absolute atomic E-state index is 12.6. The smallest absolute Gasteiger partial charge is 0.230 e. The number of aromatic nitrogens is 2. The summed E-state index contributed by atoms with van der Waals surface area (Å²) in [6, 6.07) is 5.97. The summed E-state index contributed by atoms with van der Waals surface area (Å²) < 4.78 is 0. The predicted octanol–water partition coefficient (Wildman–Crippen LogP) is 3.03. The van der Waals surface area contributed by atoms with Gasteiger partial charge in [0, 0.05) is 30.0 Å². The highest BCUT2D eigenvalue weighted by Gasteiger charge is 2.36. The topological polar surface area (TPSA) is 78.1 Å². The Balaban J connectivity index is 1.38. The Kier molecular flexibility index (Phi) is 4.33. The van der Waals surface area contributed by atoms with Gasteiger partial charge in [-0.25, -0.2) is 0 Å². The average molecular weight is 358 g/mol. The van der Waals surface area contributed by atoms with Crippen molar-refractivity contribution in [2.45, 2.75) is 32.6 Å². The number of thiophene rings is 1. The van der Waals surface area contributed by atoms with Crippen LogP contribution in [-0.2, 0) is 9.59 Å². The van der Waals surface area contributed by atoms with Crippen molar-refractivity contribution in [2.24, 2.45) is 11.8 Å². The van der Waals surface area contributed by atoms with Crippen molar-refractivity contribution in [3.05, 3.63) is 23.1 Å². The molecule has 2 aromatic rings. The van der Waals surface area contributed by atoms with Crippen molar-refractivity contribution in [3.8, 4) is 10.6 Å². The third kappa shape index (κ3) is 3.61. The first-order chi connectivity index (χ1) is 12.1. The van der Waals surface area contributed by atoms with Gasteiger partial charge in [-0.2, -0.15) is 5.10 Å². The summed E-state index contributed by atoms with van der Waals surface area (Å²) in [5.74, 6) is 0.781. The van der Waals surface area contributed by atoms with Crippen LogP contribution in [0.1, 0.15) is 30.6 Å². The van der Waals surface area contributed by atoms with Crippen LogP contribution in [0.5, 0.6) is 0 Å². The second-order valence-corrected chi connectivity index (χ2v) is 8.25. The quantitative estimate of drug-likeness (QED) is 0.882. The Morgan fingerprint density at radius 3 is 2.84 bits per heavy atom. The Bertz CT molecular complexity index is 793. The van der Waals surface area contributed by atoms with E-state index in [2.05, 4.69) is 28.5 Å². The molecule has 25 heavy (non-hydrogen) atoms. The number of rotatable bonds is 4. The van der Waals surface area contributed by atoms with Crippen LogP contribution in [0.3, 0.4) is 0 Å². The molecule has 4 rings (SSSR count). The lowest BCUT2D eigenvalue weighted by Gasteiger charge is -2.32. The molecule has 2 aromatic heterocycles. The van der Waals surface area contributed by atoms with Crippen LogP contribution in [0.2, 0.25) is 0 Å². The highest BCUT2D eigenvalue weighted by Crippen LogP contribution is 2.33. The third-order valence-electron chi connectivity index (χ3n) is 4.87.